The van der Waals surface area contributed by atoms with Crippen LogP contribution in [0.5, 0.6) is 0 Å². The molecule has 29 heavy (non-hydrogen) atoms. The molecule has 0 saturated heterocycles. The molecule has 0 atom stereocenters. The molecule has 142 valence electrons. The van der Waals surface area contributed by atoms with Crippen LogP contribution >= 0.6 is 0 Å². The normalized spacial score (nSPS) is 12.0. The summed E-state index contributed by atoms with van der Waals surface area (Å²) in [5, 5.41) is 3.54. The van der Waals surface area contributed by atoms with Crippen LogP contribution in [0.15, 0.2) is 83.7 Å². The smallest absolute Gasteiger partial charge is 0.161 e. The first-order valence-corrected chi connectivity index (χ1v) is 9.83. The van der Waals surface area contributed by atoms with Crippen LogP contribution in [0.2, 0.25) is 0 Å². The standard InChI is InChI=1S/C26H22N2O/c1-26(2,3)22-14-20(13-17-7-4-5-9-21(17)22)24-25-18(10-12-28-24)15-23(29-25)19-8-6-11-27-16-19/h4-16H,1-3H3. The number of fused-ring (bicyclic) bond motifs is 2. The van der Waals surface area contributed by atoms with Gasteiger partial charge in [0.1, 0.15) is 11.5 Å². The number of benzene rings is 2. The Morgan fingerprint density at radius 2 is 1.66 bits per heavy atom. The second kappa shape index (κ2) is 6.56. The predicted octanol–water partition coefficient (Wildman–Crippen LogP) is 7.01. The topological polar surface area (TPSA) is 38.9 Å². The van der Waals surface area contributed by atoms with Crippen LogP contribution in [0, 0.1) is 0 Å². The third-order valence-corrected chi connectivity index (χ3v) is 5.32. The summed E-state index contributed by atoms with van der Waals surface area (Å²) in [6, 6.07) is 21.0. The number of furan rings is 1. The van der Waals surface area contributed by atoms with Crippen molar-refractivity contribution in [2.24, 2.45) is 0 Å². The first kappa shape index (κ1) is 17.6. The molecule has 0 aliphatic heterocycles. The summed E-state index contributed by atoms with van der Waals surface area (Å²) >= 11 is 0. The van der Waals surface area contributed by atoms with Crippen LogP contribution in [-0.2, 0) is 5.41 Å². The van der Waals surface area contributed by atoms with Gasteiger partial charge in [-0.25, -0.2) is 0 Å². The maximum Gasteiger partial charge on any atom is 0.161 e. The monoisotopic (exact) mass is 378 g/mol. The van der Waals surface area contributed by atoms with E-state index in [0.717, 1.165) is 33.6 Å². The van der Waals surface area contributed by atoms with Crippen molar-refractivity contribution in [2.75, 3.05) is 0 Å². The minimum Gasteiger partial charge on any atom is -0.454 e. The summed E-state index contributed by atoms with van der Waals surface area (Å²) in [5.41, 5.74) is 5.04. The number of aromatic nitrogens is 2. The molecule has 5 aromatic rings. The Labute approximate surface area is 170 Å². The summed E-state index contributed by atoms with van der Waals surface area (Å²) in [6.45, 7) is 6.75. The molecule has 0 unspecified atom stereocenters. The molecule has 0 bridgehead atoms. The van der Waals surface area contributed by atoms with Gasteiger partial charge >= 0.3 is 0 Å². The van der Waals surface area contributed by atoms with Crippen molar-refractivity contribution in [1.82, 2.24) is 9.97 Å². The van der Waals surface area contributed by atoms with E-state index in [0.29, 0.717) is 0 Å². The first-order valence-electron chi connectivity index (χ1n) is 9.83. The SMILES string of the molecule is CC(C)(C)c1cc(-c2nccc3cc(-c4cccnc4)oc23)cc2ccccc12. The van der Waals surface area contributed by atoms with Crippen molar-refractivity contribution >= 4 is 21.7 Å². The maximum atomic E-state index is 6.27. The molecule has 0 saturated carbocycles. The summed E-state index contributed by atoms with van der Waals surface area (Å²) in [5.74, 6) is 0.805. The molecule has 0 spiro atoms. The van der Waals surface area contributed by atoms with Gasteiger partial charge in [-0.2, -0.15) is 0 Å². The van der Waals surface area contributed by atoms with Gasteiger partial charge in [0.2, 0.25) is 0 Å². The molecule has 0 radical (unpaired) electrons. The summed E-state index contributed by atoms with van der Waals surface area (Å²) in [4.78, 5) is 8.91. The Kier molecular flexibility index (Phi) is 3.99. The van der Waals surface area contributed by atoms with Crippen molar-refractivity contribution in [2.45, 2.75) is 26.2 Å². The minimum atomic E-state index is 0.0214. The van der Waals surface area contributed by atoms with Crippen LogP contribution < -0.4 is 0 Å². The van der Waals surface area contributed by atoms with Crippen LogP contribution in [0.25, 0.3) is 44.3 Å². The second-order valence-corrected chi connectivity index (χ2v) is 8.43. The molecule has 0 aliphatic carbocycles. The highest BCUT2D eigenvalue weighted by Crippen LogP contribution is 2.38. The fourth-order valence-electron chi connectivity index (χ4n) is 3.89. The summed E-state index contributed by atoms with van der Waals surface area (Å²) < 4.78 is 6.27. The van der Waals surface area contributed by atoms with E-state index in [1.165, 1.54) is 16.3 Å². The van der Waals surface area contributed by atoms with Gasteiger partial charge in [-0.15, -0.1) is 0 Å². The highest BCUT2D eigenvalue weighted by atomic mass is 16.3. The molecule has 0 amide bonds. The first-order chi connectivity index (χ1) is 14.0. The van der Waals surface area contributed by atoms with E-state index in [4.69, 9.17) is 9.40 Å². The van der Waals surface area contributed by atoms with Gasteiger partial charge in [-0.1, -0.05) is 45.0 Å². The second-order valence-electron chi connectivity index (χ2n) is 8.43. The number of hydrogen-bond donors (Lipinski definition) is 0. The lowest BCUT2D eigenvalue weighted by Gasteiger charge is -2.22. The van der Waals surface area contributed by atoms with E-state index >= 15 is 0 Å². The maximum absolute atomic E-state index is 6.27. The van der Waals surface area contributed by atoms with E-state index in [9.17, 15) is 0 Å². The lowest BCUT2D eigenvalue weighted by atomic mass is 9.82. The fraction of sp³-hybridized carbons (Fsp3) is 0.154. The number of rotatable bonds is 2. The predicted molar refractivity (Wildman–Crippen MR) is 119 cm³/mol. The molecular weight excluding hydrogens is 356 g/mol. The van der Waals surface area contributed by atoms with Crippen LogP contribution in [0.4, 0.5) is 0 Å². The highest BCUT2D eigenvalue weighted by Gasteiger charge is 2.20. The van der Waals surface area contributed by atoms with Gasteiger partial charge in [0.15, 0.2) is 5.58 Å². The quantitative estimate of drug-likeness (QED) is 0.332. The Morgan fingerprint density at radius 3 is 2.45 bits per heavy atom. The molecule has 0 aliphatic rings. The van der Waals surface area contributed by atoms with Crippen molar-refractivity contribution in [1.29, 1.82) is 0 Å². The Hall–Kier alpha value is -3.46. The Bertz CT molecular complexity index is 1330. The molecular formula is C26H22N2O. The van der Waals surface area contributed by atoms with Crippen molar-refractivity contribution < 1.29 is 4.42 Å². The zero-order chi connectivity index (χ0) is 20.0. The van der Waals surface area contributed by atoms with Crippen molar-refractivity contribution in [3.63, 3.8) is 0 Å². The van der Waals surface area contributed by atoms with Gasteiger partial charge in [0.05, 0.1) is 0 Å². The largest absolute Gasteiger partial charge is 0.454 e. The van der Waals surface area contributed by atoms with Gasteiger partial charge in [-0.05, 0) is 58.1 Å². The lowest BCUT2D eigenvalue weighted by molar-refractivity contribution is 0.596. The Balaban J connectivity index is 1.76. The van der Waals surface area contributed by atoms with Crippen molar-refractivity contribution in [3.8, 4) is 22.6 Å². The van der Waals surface area contributed by atoms with Crippen LogP contribution in [0.3, 0.4) is 0 Å². The zero-order valence-corrected chi connectivity index (χ0v) is 16.8. The molecule has 0 fully saturated rings. The molecule has 5 rings (SSSR count). The lowest BCUT2D eigenvalue weighted by Crippen LogP contribution is -2.12. The Morgan fingerprint density at radius 1 is 0.793 bits per heavy atom. The molecule has 3 heteroatoms. The average Bonchev–Trinajstić information content (AvgIpc) is 3.17. The van der Waals surface area contributed by atoms with E-state index < -0.39 is 0 Å². The van der Waals surface area contributed by atoms with Crippen LogP contribution in [-0.4, -0.2) is 9.97 Å². The van der Waals surface area contributed by atoms with Crippen LogP contribution in [0.1, 0.15) is 26.3 Å². The summed E-state index contributed by atoms with van der Waals surface area (Å²) in [6.07, 6.45) is 5.44. The van der Waals surface area contributed by atoms with E-state index in [1.807, 2.05) is 30.6 Å². The fourth-order valence-corrected chi connectivity index (χ4v) is 3.89. The number of pyridine rings is 2. The highest BCUT2D eigenvalue weighted by molar-refractivity contribution is 5.97. The van der Waals surface area contributed by atoms with E-state index in [2.05, 4.69) is 68.2 Å². The minimum absolute atomic E-state index is 0.0214. The zero-order valence-electron chi connectivity index (χ0n) is 16.8. The van der Waals surface area contributed by atoms with E-state index in [-0.39, 0.29) is 5.41 Å². The summed E-state index contributed by atoms with van der Waals surface area (Å²) in [7, 11) is 0. The molecule has 3 aromatic heterocycles. The number of nitrogens with zero attached hydrogens (tertiary/aromatic N) is 2. The third kappa shape index (κ3) is 3.09. The molecule has 0 N–H and O–H groups in total. The molecule has 3 heterocycles. The molecule has 3 nitrogen and oxygen atoms in total. The van der Waals surface area contributed by atoms with E-state index in [1.54, 1.807) is 6.20 Å². The molecule has 2 aromatic carbocycles. The van der Waals surface area contributed by atoms with Crippen molar-refractivity contribution in [3.05, 3.63) is 84.8 Å². The van der Waals surface area contributed by atoms with Gasteiger partial charge in [-0.3, -0.25) is 9.97 Å². The average molecular weight is 378 g/mol. The van der Waals surface area contributed by atoms with Gasteiger partial charge in [0.25, 0.3) is 0 Å². The third-order valence-electron chi connectivity index (χ3n) is 5.32. The van der Waals surface area contributed by atoms with Gasteiger partial charge in [0, 0.05) is 35.1 Å². The van der Waals surface area contributed by atoms with Gasteiger partial charge < -0.3 is 4.42 Å². The number of hydrogen-bond acceptors (Lipinski definition) is 3.